The summed E-state index contributed by atoms with van der Waals surface area (Å²) in [4.78, 5) is 4.60. The van der Waals surface area contributed by atoms with E-state index in [0.29, 0.717) is 17.4 Å². The Kier molecular flexibility index (Phi) is 4.81. The molecule has 1 rings (SSSR count). The van der Waals surface area contributed by atoms with Crippen LogP contribution >= 0.6 is 0 Å². The lowest BCUT2D eigenvalue weighted by atomic mass is 10.1. The highest BCUT2D eigenvalue weighted by molar-refractivity contribution is 7.90. The van der Waals surface area contributed by atoms with Crippen molar-refractivity contribution in [2.75, 3.05) is 6.26 Å². The van der Waals surface area contributed by atoms with Crippen LogP contribution in [-0.2, 0) is 16.4 Å². The predicted octanol–water partition coefficient (Wildman–Crippen LogP) is 1.60. The number of nitrogens with zero attached hydrogens (tertiary/aromatic N) is 1. The number of hydrogen-bond donors (Lipinski definition) is 2. The van der Waals surface area contributed by atoms with Crippen LogP contribution in [-0.4, -0.2) is 26.2 Å². The summed E-state index contributed by atoms with van der Waals surface area (Å²) in [5.41, 5.74) is 7.30. The highest BCUT2D eigenvalue weighted by atomic mass is 32.2. The zero-order valence-electron chi connectivity index (χ0n) is 12.7. The maximum absolute atomic E-state index is 11.5. The topological polar surface area (TPSA) is 84.5 Å². The third-order valence-electron chi connectivity index (χ3n) is 2.57. The molecule has 0 aliphatic carbocycles. The number of benzene rings is 1. The Morgan fingerprint density at radius 3 is 2.40 bits per heavy atom. The number of hydrogen-bond acceptors (Lipinski definition) is 3. The van der Waals surface area contributed by atoms with Gasteiger partial charge in [-0.05, 0) is 44.9 Å². The van der Waals surface area contributed by atoms with Crippen molar-refractivity contribution in [3.8, 4) is 0 Å². The second kappa shape index (κ2) is 5.83. The van der Waals surface area contributed by atoms with Crippen molar-refractivity contribution >= 4 is 15.8 Å². The molecule has 6 heteroatoms. The first-order valence-electron chi connectivity index (χ1n) is 6.37. The van der Waals surface area contributed by atoms with Gasteiger partial charge in [0.1, 0.15) is 0 Å². The van der Waals surface area contributed by atoms with Gasteiger partial charge in [0, 0.05) is 11.8 Å². The van der Waals surface area contributed by atoms with Crippen LogP contribution < -0.4 is 11.1 Å². The summed E-state index contributed by atoms with van der Waals surface area (Å²) < 4.78 is 23.1. The molecule has 0 atom stereocenters. The van der Waals surface area contributed by atoms with Gasteiger partial charge in [-0.25, -0.2) is 13.4 Å². The summed E-state index contributed by atoms with van der Waals surface area (Å²) in [5.74, 6) is 0.377. The van der Waals surface area contributed by atoms with Crippen LogP contribution in [0.15, 0.2) is 28.1 Å². The summed E-state index contributed by atoms with van der Waals surface area (Å²) in [7, 11) is -3.18. The fourth-order valence-electron chi connectivity index (χ4n) is 1.83. The smallest absolute Gasteiger partial charge is 0.189 e. The van der Waals surface area contributed by atoms with Crippen molar-refractivity contribution in [2.24, 2.45) is 10.7 Å². The van der Waals surface area contributed by atoms with E-state index in [9.17, 15) is 8.42 Å². The minimum Gasteiger partial charge on any atom is -0.370 e. The molecule has 0 saturated heterocycles. The lowest BCUT2D eigenvalue weighted by Gasteiger charge is -2.21. The van der Waals surface area contributed by atoms with Gasteiger partial charge in [-0.15, -0.1) is 0 Å². The van der Waals surface area contributed by atoms with Crippen molar-refractivity contribution in [1.29, 1.82) is 0 Å². The molecule has 0 amide bonds. The normalized spacial score (nSPS) is 13.3. The van der Waals surface area contributed by atoms with Crippen LogP contribution in [0.25, 0.3) is 0 Å². The van der Waals surface area contributed by atoms with Crippen LogP contribution in [0, 0.1) is 6.92 Å². The monoisotopic (exact) mass is 297 g/mol. The lowest BCUT2D eigenvalue weighted by Crippen LogP contribution is -2.44. The Labute approximate surface area is 121 Å². The molecule has 0 spiro atoms. The molecule has 1 aromatic carbocycles. The first kappa shape index (κ1) is 16.5. The summed E-state index contributed by atoms with van der Waals surface area (Å²) in [6.07, 6.45) is 1.21. The molecule has 0 fully saturated rings. The summed E-state index contributed by atoms with van der Waals surface area (Å²) >= 11 is 0. The Bertz CT molecular complexity index is 614. The van der Waals surface area contributed by atoms with Crippen molar-refractivity contribution in [1.82, 2.24) is 5.32 Å². The molecule has 112 valence electrons. The van der Waals surface area contributed by atoms with E-state index >= 15 is 0 Å². The zero-order valence-corrected chi connectivity index (χ0v) is 13.5. The number of guanidine groups is 1. The Hall–Kier alpha value is -1.56. The van der Waals surface area contributed by atoms with E-state index in [1.165, 1.54) is 6.26 Å². The summed E-state index contributed by atoms with van der Waals surface area (Å²) in [6, 6.07) is 5.20. The first-order valence-corrected chi connectivity index (χ1v) is 8.26. The fourth-order valence-corrected chi connectivity index (χ4v) is 2.79. The van der Waals surface area contributed by atoms with Gasteiger partial charge in [0.25, 0.3) is 0 Å². The Morgan fingerprint density at radius 1 is 1.35 bits per heavy atom. The lowest BCUT2D eigenvalue weighted by molar-refractivity contribution is 0.508. The van der Waals surface area contributed by atoms with Gasteiger partial charge >= 0.3 is 0 Å². The van der Waals surface area contributed by atoms with Crippen LogP contribution in [0.5, 0.6) is 0 Å². The number of nitrogens with one attached hydrogen (secondary N) is 1. The van der Waals surface area contributed by atoms with Crippen molar-refractivity contribution in [3.05, 3.63) is 29.3 Å². The van der Waals surface area contributed by atoms with E-state index < -0.39 is 9.84 Å². The third kappa shape index (κ3) is 5.21. The molecule has 0 bridgehead atoms. The molecule has 0 heterocycles. The molecule has 0 radical (unpaired) electrons. The average molecular weight is 297 g/mol. The van der Waals surface area contributed by atoms with Crippen molar-refractivity contribution in [2.45, 2.75) is 44.7 Å². The van der Waals surface area contributed by atoms with Crippen LogP contribution in [0.4, 0.5) is 0 Å². The predicted molar refractivity (Wildman–Crippen MR) is 82.5 cm³/mol. The standard InChI is InChI=1S/C14H23N3O2S/c1-10-8-11(6-7-12(10)20(5,18)19)9-16-13(15)17-14(2,3)4/h6-8H,9H2,1-5H3,(H3,15,16,17). The van der Waals surface area contributed by atoms with Gasteiger partial charge < -0.3 is 11.1 Å². The number of aliphatic imine (C=N–C) groups is 1. The van der Waals surface area contributed by atoms with Crippen LogP contribution in [0.3, 0.4) is 0 Å². The quantitative estimate of drug-likeness (QED) is 0.655. The second-order valence-electron chi connectivity index (χ2n) is 5.95. The van der Waals surface area contributed by atoms with Crippen LogP contribution in [0.2, 0.25) is 0 Å². The molecule has 3 N–H and O–H groups in total. The molecule has 0 saturated carbocycles. The van der Waals surface area contributed by atoms with Crippen molar-refractivity contribution in [3.63, 3.8) is 0 Å². The number of nitrogens with two attached hydrogens (primary N) is 1. The van der Waals surface area contributed by atoms with Gasteiger partial charge in [0.05, 0.1) is 11.4 Å². The molecular weight excluding hydrogens is 274 g/mol. The molecule has 0 aliphatic heterocycles. The van der Waals surface area contributed by atoms with E-state index in [0.717, 1.165) is 11.1 Å². The number of rotatable bonds is 3. The van der Waals surface area contributed by atoms with E-state index in [2.05, 4.69) is 10.3 Å². The number of sulfone groups is 1. The zero-order chi connectivity index (χ0) is 15.6. The van der Waals surface area contributed by atoms with Gasteiger partial charge in [-0.3, -0.25) is 0 Å². The summed E-state index contributed by atoms with van der Waals surface area (Å²) in [5, 5.41) is 3.07. The fraction of sp³-hybridized carbons (Fsp3) is 0.500. The molecule has 0 aromatic heterocycles. The highest BCUT2D eigenvalue weighted by Crippen LogP contribution is 2.17. The maximum Gasteiger partial charge on any atom is 0.189 e. The van der Waals surface area contributed by atoms with Crippen molar-refractivity contribution < 1.29 is 8.42 Å². The summed E-state index contributed by atoms with van der Waals surface area (Å²) in [6.45, 7) is 8.20. The SMILES string of the molecule is Cc1cc(CN=C(N)NC(C)(C)C)ccc1S(C)(=O)=O. The molecule has 1 aromatic rings. The Morgan fingerprint density at radius 2 is 1.95 bits per heavy atom. The minimum atomic E-state index is -3.18. The molecule has 0 unspecified atom stereocenters. The molecule has 20 heavy (non-hydrogen) atoms. The maximum atomic E-state index is 11.5. The Balaban J connectivity index is 2.86. The largest absolute Gasteiger partial charge is 0.370 e. The van der Waals surface area contributed by atoms with Gasteiger partial charge in [-0.2, -0.15) is 0 Å². The van der Waals surface area contributed by atoms with Gasteiger partial charge in [-0.1, -0.05) is 12.1 Å². The van der Waals surface area contributed by atoms with Gasteiger partial charge in [0.2, 0.25) is 0 Å². The van der Waals surface area contributed by atoms with Crippen LogP contribution in [0.1, 0.15) is 31.9 Å². The highest BCUT2D eigenvalue weighted by Gasteiger charge is 2.11. The van der Waals surface area contributed by atoms with E-state index in [4.69, 9.17) is 5.73 Å². The van der Waals surface area contributed by atoms with E-state index in [1.54, 1.807) is 19.1 Å². The molecule has 0 aliphatic rings. The number of aryl methyl sites for hydroxylation is 1. The second-order valence-corrected chi connectivity index (χ2v) is 7.93. The van der Waals surface area contributed by atoms with E-state index in [1.807, 2.05) is 26.8 Å². The van der Waals surface area contributed by atoms with Gasteiger partial charge in [0.15, 0.2) is 15.8 Å². The minimum absolute atomic E-state index is 0.135. The van der Waals surface area contributed by atoms with E-state index in [-0.39, 0.29) is 5.54 Å². The first-order chi connectivity index (χ1) is 8.99. The molecule has 5 nitrogen and oxygen atoms in total. The third-order valence-corrected chi connectivity index (χ3v) is 3.83. The molecular formula is C14H23N3O2S. The average Bonchev–Trinajstić information content (AvgIpc) is 2.22.